The number of hydrogen-bond donors (Lipinski definition) is 1. The van der Waals surface area contributed by atoms with Gasteiger partial charge in [-0.15, -0.1) is 0 Å². The van der Waals surface area contributed by atoms with E-state index >= 15 is 0 Å². The lowest BCUT2D eigenvalue weighted by Gasteiger charge is -2.53. The highest BCUT2D eigenvalue weighted by molar-refractivity contribution is 6.01. The van der Waals surface area contributed by atoms with Crippen molar-refractivity contribution < 1.29 is 24.2 Å². The number of ether oxygens (including phenoxy) is 1. The van der Waals surface area contributed by atoms with Crippen LogP contribution in [0.3, 0.4) is 0 Å². The quantitative estimate of drug-likeness (QED) is 0.672. The molecule has 0 aromatic rings. The van der Waals surface area contributed by atoms with E-state index in [0.717, 1.165) is 5.57 Å². The predicted molar refractivity (Wildman–Crippen MR) is 75.5 cm³/mol. The van der Waals surface area contributed by atoms with Crippen LogP contribution >= 0.6 is 0 Å². The van der Waals surface area contributed by atoms with Gasteiger partial charge in [0.25, 0.3) is 0 Å². The Bertz CT molecular complexity index is 635. The fraction of sp³-hybridized carbons (Fsp3) is 0.706. The Hall–Kier alpha value is -1.49. The molecule has 0 amide bonds. The average molecular weight is 304 g/mol. The molecule has 0 radical (unpaired) electrons. The lowest BCUT2D eigenvalue weighted by Crippen LogP contribution is -2.63. The molecular weight excluding hydrogens is 284 g/mol. The van der Waals surface area contributed by atoms with Crippen molar-refractivity contribution in [3.63, 3.8) is 0 Å². The first kappa shape index (κ1) is 14.1. The number of aliphatic hydroxyl groups excluding tert-OH is 1. The number of Topliss-reactive ketones (excluding diaryl/α,β-unsaturated/α-hetero) is 1. The molecule has 0 aromatic heterocycles. The van der Waals surface area contributed by atoms with Gasteiger partial charge in [-0.3, -0.25) is 14.4 Å². The number of esters is 1. The molecule has 8 atom stereocenters. The Labute approximate surface area is 128 Å². The Morgan fingerprint density at radius 2 is 2.00 bits per heavy atom. The Kier molecular flexibility index (Phi) is 2.62. The zero-order valence-corrected chi connectivity index (χ0v) is 12.9. The summed E-state index contributed by atoms with van der Waals surface area (Å²) in [6.07, 6.45) is 0.321. The summed E-state index contributed by atoms with van der Waals surface area (Å²) in [5.74, 6) is -2.25. The molecule has 1 heterocycles. The fourth-order valence-electron chi connectivity index (χ4n) is 5.65. The third-order valence-corrected chi connectivity index (χ3v) is 6.70. The van der Waals surface area contributed by atoms with Crippen molar-refractivity contribution in [2.24, 2.45) is 35.0 Å². The van der Waals surface area contributed by atoms with Crippen molar-refractivity contribution in [3.05, 3.63) is 11.6 Å². The number of fused-ring (bicyclic) bond motifs is 6. The number of allylic oxidation sites excluding steroid dienone is 2. The van der Waals surface area contributed by atoms with Crippen LogP contribution in [0.2, 0.25) is 0 Å². The van der Waals surface area contributed by atoms with Crippen LogP contribution in [0.15, 0.2) is 11.6 Å². The maximum absolute atomic E-state index is 12.9. The van der Waals surface area contributed by atoms with Gasteiger partial charge in [0.2, 0.25) is 0 Å². The Balaban J connectivity index is 1.88. The molecule has 4 aliphatic rings. The Morgan fingerprint density at radius 1 is 1.32 bits per heavy atom. The topological polar surface area (TPSA) is 80.7 Å². The first-order chi connectivity index (χ1) is 10.3. The van der Waals surface area contributed by atoms with Gasteiger partial charge in [0.1, 0.15) is 11.9 Å². The normalized spacial score (nSPS) is 53.0. The van der Waals surface area contributed by atoms with Crippen molar-refractivity contribution in [2.45, 2.75) is 39.4 Å². The molecule has 8 unspecified atom stereocenters. The second-order valence-corrected chi connectivity index (χ2v) is 7.59. The average Bonchev–Trinajstić information content (AvgIpc) is 2.85. The summed E-state index contributed by atoms with van der Waals surface area (Å²) in [6.45, 7) is 5.47. The van der Waals surface area contributed by atoms with Gasteiger partial charge in [-0.2, -0.15) is 0 Å². The smallest absolute Gasteiger partial charge is 0.310 e. The third kappa shape index (κ3) is 1.36. The molecule has 3 fully saturated rings. The van der Waals surface area contributed by atoms with Crippen LogP contribution in [0.4, 0.5) is 0 Å². The molecule has 0 spiro atoms. The molecule has 5 heteroatoms. The molecule has 1 N–H and O–H groups in total. The van der Waals surface area contributed by atoms with E-state index in [4.69, 9.17) is 4.74 Å². The molecule has 5 nitrogen and oxygen atoms in total. The third-order valence-electron chi connectivity index (χ3n) is 6.70. The predicted octanol–water partition coefficient (Wildman–Crippen LogP) is 0.895. The first-order valence-electron chi connectivity index (χ1n) is 7.92. The van der Waals surface area contributed by atoms with E-state index in [1.54, 1.807) is 13.0 Å². The monoisotopic (exact) mass is 304 g/mol. The molecule has 1 saturated heterocycles. The second kappa shape index (κ2) is 4.07. The van der Waals surface area contributed by atoms with E-state index in [1.165, 1.54) is 0 Å². The van der Waals surface area contributed by atoms with Crippen LogP contribution in [0.1, 0.15) is 27.2 Å². The van der Waals surface area contributed by atoms with Crippen LogP contribution < -0.4 is 0 Å². The van der Waals surface area contributed by atoms with Gasteiger partial charge < -0.3 is 9.84 Å². The molecule has 2 saturated carbocycles. The maximum atomic E-state index is 12.9. The minimum atomic E-state index is -1.00. The van der Waals surface area contributed by atoms with Crippen LogP contribution in [0.25, 0.3) is 0 Å². The summed E-state index contributed by atoms with van der Waals surface area (Å²) in [5.41, 5.74) is -0.0890. The van der Waals surface area contributed by atoms with Gasteiger partial charge in [-0.25, -0.2) is 0 Å². The van der Waals surface area contributed by atoms with E-state index in [1.807, 2.05) is 13.8 Å². The van der Waals surface area contributed by atoms with Crippen LogP contribution in [-0.2, 0) is 19.1 Å². The zero-order chi connectivity index (χ0) is 16.0. The van der Waals surface area contributed by atoms with E-state index in [2.05, 4.69) is 0 Å². The number of carbonyl (C=O) groups excluding carboxylic acids is 3. The molecule has 2 bridgehead atoms. The van der Waals surface area contributed by atoms with Gasteiger partial charge in [0, 0.05) is 29.6 Å². The van der Waals surface area contributed by atoms with E-state index in [0.29, 0.717) is 0 Å². The number of carbonyl (C=O) groups is 3. The number of ketones is 2. The van der Waals surface area contributed by atoms with E-state index in [9.17, 15) is 19.5 Å². The van der Waals surface area contributed by atoms with Crippen molar-refractivity contribution in [3.8, 4) is 0 Å². The summed E-state index contributed by atoms with van der Waals surface area (Å²) in [5, 5.41) is 10.8. The standard InChI is InChI=1S/C17H20O5/c1-6-4-9(18)11-8(6)5-10(19)17(3)12-7(2)15(22-16(12)21)14(20)13(11)17/h4,7-8,11-15,20H,5H2,1-3H3. The van der Waals surface area contributed by atoms with Crippen molar-refractivity contribution in [1.82, 2.24) is 0 Å². The summed E-state index contributed by atoms with van der Waals surface area (Å²) >= 11 is 0. The molecule has 22 heavy (non-hydrogen) atoms. The Morgan fingerprint density at radius 3 is 2.68 bits per heavy atom. The lowest BCUT2D eigenvalue weighted by molar-refractivity contribution is -0.171. The summed E-state index contributed by atoms with van der Waals surface area (Å²) in [6, 6.07) is 0. The van der Waals surface area contributed by atoms with Crippen LogP contribution in [0, 0.1) is 35.0 Å². The molecule has 0 aromatic carbocycles. The lowest BCUT2D eigenvalue weighted by atomic mass is 9.47. The molecule has 3 aliphatic carbocycles. The van der Waals surface area contributed by atoms with Gasteiger partial charge in [0.05, 0.1) is 12.0 Å². The zero-order valence-electron chi connectivity index (χ0n) is 12.9. The number of hydrogen-bond acceptors (Lipinski definition) is 5. The summed E-state index contributed by atoms with van der Waals surface area (Å²) in [7, 11) is 0. The second-order valence-electron chi connectivity index (χ2n) is 7.59. The van der Waals surface area contributed by atoms with Crippen molar-refractivity contribution in [2.75, 3.05) is 0 Å². The highest BCUT2D eigenvalue weighted by Gasteiger charge is 2.71. The van der Waals surface area contributed by atoms with Gasteiger partial charge in [-0.1, -0.05) is 19.4 Å². The molecule has 1 aliphatic heterocycles. The minimum absolute atomic E-state index is 0.0191. The molecular formula is C17H20O5. The van der Waals surface area contributed by atoms with Gasteiger partial charge >= 0.3 is 5.97 Å². The van der Waals surface area contributed by atoms with Gasteiger partial charge in [-0.05, 0) is 18.9 Å². The van der Waals surface area contributed by atoms with Crippen molar-refractivity contribution in [1.29, 1.82) is 0 Å². The minimum Gasteiger partial charge on any atom is -0.459 e. The van der Waals surface area contributed by atoms with Crippen molar-refractivity contribution >= 4 is 17.5 Å². The first-order valence-corrected chi connectivity index (χ1v) is 7.92. The summed E-state index contributed by atoms with van der Waals surface area (Å²) in [4.78, 5) is 37.6. The maximum Gasteiger partial charge on any atom is 0.310 e. The van der Waals surface area contributed by atoms with Crippen LogP contribution in [-0.4, -0.2) is 34.9 Å². The highest BCUT2D eigenvalue weighted by atomic mass is 16.6. The molecule has 4 rings (SSSR count). The SMILES string of the molecule is CC1=CC(=O)C2C1CC(=O)C1(C)C3C(=O)OC(C3C)C(O)C21. The van der Waals surface area contributed by atoms with E-state index in [-0.39, 0.29) is 29.8 Å². The largest absolute Gasteiger partial charge is 0.459 e. The molecule has 118 valence electrons. The number of rotatable bonds is 0. The van der Waals surface area contributed by atoms with Crippen LogP contribution in [0.5, 0.6) is 0 Å². The fourth-order valence-corrected chi connectivity index (χ4v) is 5.65. The van der Waals surface area contributed by atoms with E-state index < -0.39 is 41.3 Å². The number of aliphatic hydroxyl groups is 1. The highest BCUT2D eigenvalue weighted by Crippen LogP contribution is 2.62. The van der Waals surface area contributed by atoms with Gasteiger partial charge in [0.15, 0.2) is 5.78 Å². The summed E-state index contributed by atoms with van der Waals surface area (Å²) < 4.78 is 5.36.